The fourth-order valence-corrected chi connectivity index (χ4v) is 4.84. The van der Waals surface area contributed by atoms with Crippen molar-refractivity contribution in [3.63, 3.8) is 0 Å². The van der Waals surface area contributed by atoms with Gasteiger partial charge in [0, 0.05) is 46.5 Å². The number of Topliss-reactive ketones (excluding diaryl/α,β-unsaturated/α-hetero) is 1. The van der Waals surface area contributed by atoms with Gasteiger partial charge in [0.1, 0.15) is 0 Å². The van der Waals surface area contributed by atoms with Gasteiger partial charge < -0.3 is 10.1 Å². The summed E-state index contributed by atoms with van der Waals surface area (Å²) in [6, 6.07) is 13.5. The fourth-order valence-electron chi connectivity index (χ4n) is 4.71. The van der Waals surface area contributed by atoms with Gasteiger partial charge in [0.05, 0.1) is 16.6 Å². The minimum Gasteiger partial charge on any atom is -0.460 e. The Morgan fingerprint density at radius 2 is 1.85 bits per heavy atom. The Hall–Kier alpha value is -3.45. The largest absolute Gasteiger partial charge is 0.460 e. The number of carbonyl (C=O) groups excluding carboxylic acids is 2. The van der Waals surface area contributed by atoms with Gasteiger partial charge in [0.2, 0.25) is 0 Å². The molecule has 0 bridgehead atoms. The first kappa shape index (κ1) is 23.7. The highest BCUT2D eigenvalue weighted by Crippen LogP contribution is 2.46. The number of ether oxygens (including phenoxy) is 1. The van der Waals surface area contributed by atoms with Gasteiger partial charge in [-0.25, -0.2) is 4.79 Å². The van der Waals surface area contributed by atoms with Crippen molar-refractivity contribution in [2.75, 3.05) is 0 Å². The molecule has 2 aromatic rings. The zero-order valence-corrected chi connectivity index (χ0v) is 19.9. The Bertz CT molecular complexity index is 1230. The summed E-state index contributed by atoms with van der Waals surface area (Å²) in [6.45, 7) is 5.26. The smallest absolute Gasteiger partial charge is 0.337 e. The van der Waals surface area contributed by atoms with Crippen molar-refractivity contribution < 1.29 is 19.2 Å². The lowest BCUT2D eigenvalue weighted by Crippen LogP contribution is -2.36. The maximum atomic E-state index is 13.5. The van der Waals surface area contributed by atoms with Gasteiger partial charge in [-0.1, -0.05) is 35.9 Å². The highest BCUT2D eigenvalue weighted by atomic mass is 35.5. The number of hydrogen-bond acceptors (Lipinski definition) is 6. The molecule has 0 amide bonds. The molecule has 2 aliphatic rings. The van der Waals surface area contributed by atoms with Gasteiger partial charge in [-0.05, 0) is 56.4 Å². The number of allylic oxidation sites excluding steroid dienone is 3. The van der Waals surface area contributed by atoms with Gasteiger partial charge in [-0.3, -0.25) is 14.9 Å². The molecule has 2 aromatic carbocycles. The monoisotopic (exact) mass is 480 g/mol. The van der Waals surface area contributed by atoms with E-state index in [0.717, 1.165) is 11.3 Å². The van der Waals surface area contributed by atoms with Crippen LogP contribution in [-0.4, -0.2) is 22.8 Å². The lowest BCUT2D eigenvalue weighted by molar-refractivity contribution is -0.384. The van der Waals surface area contributed by atoms with E-state index in [9.17, 15) is 19.7 Å². The van der Waals surface area contributed by atoms with E-state index in [1.54, 1.807) is 45.0 Å². The third kappa shape index (κ3) is 4.61. The van der Waals surface area contributed by atoms with Gasteiger partial charge >= 0.3 is 5.97 Å². The number of hydrogen-bond donors (Lipinski definition) is 1. The summed E-state index contributed by atoms with van der Waals surface area (Å²) in [6.07, 6.45) is 0.474. The number of benzene rings is 2. The predicted octanol–water partition coefficient (Wildman–Crippen LogP) is 5.56. The lowest BCUT2D eigenvalue weighted by atomic mass is 9.71. The molecule has 0 unspecified atom stereocenters. The summed E-state index contributed by atoms with van der Waals surface area (Å²) in [5, 5.41) is 15.3. The zero-order valence-electron chi connectivity index (χ0n) is 19.1. The van der Waals surface area contributed by atoms with Crippen molar-refractivity contribution in [1.82, 2.24) is 5.32 Å². The quantitative estimate of drug-likeness (QED) is 0.341. The van der Waals surface area contributed by atoms with Gasteiger partial charge in [-0.15, -0.1) is 0 Å². The normalized spacial score (nSPS) is 20.2. The molecule has 0 saturated heterocycles. The van der Waals surface area contributed by atoms with Crippen molar-refractivity contribution in [3.8, 4) is 0 Å². The van der Waals surface area contributed by atoms with E-state index in [1.807, 2.05) is 12.1 Å². The number of nitrogens with zero attached hydrogens (tertiary/aromatic N) is 1. The minimum atomic E-state index is -0.749. The number of dihydropyridines is 1. The molecule has 0 spiro atoms. The second-order valence-electron chi connectivity index (χ2n) is 8.87. The number of halogens is 1. The number of esters is 1. The minimum absolute atomic E-state index is 0.0428. The molecular formula is C26H25ClN2O5. The van der Waals surface area contributed by atoms with E-state index in [0.29, 0.717) is 33.9 Å². The van der Waals surface area contributed by atoms with E-state index in [2.05, 4.69) is 5.32 Å². The van der Waals surface area contributed by atoms with Crippen molar-refractivity contribution in [1.29, 1.82) is 0 Å². The summed E-state index contributed by atoms with van der Waals surface area (Å²) < 4.78 is 5.49. The number of non-ortho nitro benzene ring substituents is 1. The summed E-state index contributed by atoms with van der Waals surface area (Å²) in [7, 11) is 0. The van der Waals surface area contributed by atoms with Crippen molar-refractivity contribution in [3.05, 3.63) is 97.3 Å². The van der Waals surface area contributed by atoms with Crippen LogP contribution in [0, 0.1) is 10.1 Å². The molecule has 0 saturated carbocycles. The first-order valence-electron chi connectivity index (χ1n) is 11.1. The van der Waals surface area contributed by atoms with Crippen LogP contribution in [0.25, 0.3) is 0 Å². The third-order valence-electron chi connectivity index (χ3n) is 6.15. The fraction of sp³-hybridized carbons (Fsp3) is 0.308. The number of rotatable bonds is 5. The van der Waals surface area contributed by atoms with Crippen molar-refractivity contribution in [2.24, 2.45) is 0 Å². The number of ketones is 1. The predicted molar refractivity (Wildman–Crippen MR) is 128 cm³/mol. The topological polar surface area (TPSA) is 98.5 Å². The van der Waals surface area contributed by atoms with Crippen LogP contribution in [-0.2, 0) is 14.3 Å². The van der Waals surface area contributed by atoms with Gasteiger partial charge in [-0.2, -0.15) is 0 Å². The Labute approximate surface area is 202 Å². The number of nitro groups is 1. The van der Waals surface area contributed by atoms with Gasteiger partial charge in [0.25, 0.3) is 5.69 Å². The van der Waals surface area contributed by atoms with E-state index in [4.69, 9.17) is 16.3 Å². The molecule has 7 nitrogen and oxygen atoms in total. The van der Waals surface area contributed by atoms with Gasteiger partial charge in [0.15, 0.2) is 5.78 Å². The molecule has 0 aromatic heterocycles. The van der Waals surface area contributed by atoms with Crippen LogP contribution in [0.4, 0.5) is 5.69 Å². The Balaban J connectivity index is 1.82. The molecule has 1 aliphatic heterocycles. The summed E-state index contributed by atoms with van der Waals surface area (Å²) >= 11 is 6.03. The zero-order chi connectivity index (χ0) is 24.6. The van der Waals surface area contributed by atoms with Crippen LogP contribution >= 0.6 is 11.6 Å². The molecule has 176 valence electrons. The van der Waals surface area contributed by atoms with Crippen molar-refractivity contribution >= 4 is 29.0 Å². The molecule has 8 heteroatoms. The average Bonchev–Trinajstić information content (AvgIpc) is 2.78. The van der Waals surface area contributed by atoms with E-state index in [1.165, 1.54) is 12.1 Å². The summed E-state index contributed by atoms with van der Waals surface area (Å²) in [5.41, 5.74) is 3.48. The molecule has 1 aliphatic carbocycles. The van der Waals surface area contributed by atoms with E-state index >= 15 is 0 Å². The number of carbonyl (C=O) groups is 2. The molecular weight excluding hydrogens is 456 g/mol. The summed E-state index contributed by atoms with van der Waals surface area (Å²) in [5.74, 6) is -1.44. The second kappa shape index (κ2) is 9.43. The number of nitro benzene ring substituents is 1. The third-order valence-corrected chi connectivity index (χ3v) is 6.40. The maximum Gasteiger partial charge on any atom is 0.337 e. The Morgan fingerprint density at radius 1 is 1.15 bits per heavy atom. The molecule has 2 atom stereocenters. The van der Waals surface area contributed by atoms with E-state index < -0.39 is 16.8 Å². The van der Waals surface area contributed by atoms with Crippen molar-refractivity contribution in [2.45, 2.75) is 51.6 Å². The first-order valence-corrected chi connectivity index (χ1v) is 11.5. The second-order valence-corrected chi connectivity index (χ2v) is 9.31. The van der Waals surface area contributed by atoms with Crippen LogP contribution in [0.2, 0.25) is 5.02 Å². The lowest BCUT2D eigenvalue weighted by Gasteiger charge is -2.36. The molecule has 1 heterocycles. The van der Waals surface area contributed by atoms with Crippen LogP contribution in [0.1, 0.15) is 56.6 Å². The van der Waals surface area contributed by atoms with Crippen LogP contribution < -0.4 is 5.32 Å². The molecule has 1 N–H and O–H groups in total. The highest BCUT2D eigenvalue weighted by molar-refractivity contribution is 6.30. The SMILES string of the molecule is CC1=C(C(=O)OC(C)C)[C@H](c2cccc([N+](=O)[O-])c2)C2=C(C[C@@H](c3ccc(Cl)cc3)CC2=O)N1. The standard InChI is InChI=1S/C26H25ClN2O5/c1-14(2)34-26(31)23-15(3)28-21-12-18(16-7-9-19(27)10-8-16)13-22(30)25(21)24(23)17-5-4-6-20(11-17)29(32)33/h4-11,14,18,24,28H,12-13H2,1-3H3/t18-,24+/m1/s1. The molecule has 4 rings (SSSR count). The van der Waals surface area contributed by atoms with E-state index in [-0.39, 0.29) is 29.9 Å². The Kier molecular flexibility index (Phi) is 6.57. The maximum absolute atomic E-state index is 13.5. The number of nitrogens with one attached hydrogen (secondary N) is 1. The molecule has 0 radical (unpaired) electrons. The molecule has 34 heavy (non-hydrogen) atoms. The van der Waals surface area contributed by atoms with Crippen LogP contribution in [0.15, 0.2) is 71.1 Å². The molecule has 0 fully saturated rings. The van der Waals surface area contributed by atoms with Crippen LogP contribution in [0.3, 0.4) is 0 Å². The first-order chi connectivity index (χ1) is 16.2. The highest BCUT2D eigenvalue weighted by Gasteiger charge is 2.41. The summed E-state index contributed by atoms with van der Waals surface area (Å²) in [4.78, 5) is 37.6. The Morgan fingerprint density at radius 3 is 2.50 bits per heavy atom. The average molecular weight is 481 g/mol. The van der Waals surface area contributed by atoms with Crippen LogP contribution in [0.5, 0.6) is 0 Å².